The number of aliphatic hydroxyl groups is 3. The molecule has 10 nitrogen and oxygen atoms in total. The van der Waals surface area contributed by atoms with E-state index in [1.807, 2.05) is 0 Å². The molecule has 154 valence electrons. The summed E-state index contributed by atoms with van der Waals surface area (Å²) < 4.78 is 12.4. The van der Waals surface area contributed by atoms with Crippen molar-refractivity contribution in [2.45, 2.75) is 50.8 Å². The summed E-state index contributed by atoms with van der Waals surface area (Å²) >= 11 is 1.21. The Morgan fingerprint density at radius 1 is 1.29 bits per heavy atom. The predicted octanol–water partition coefficient (Wildman–Crippen LogP) is -0.820. The molecule has 0 radical (unpaired) electrons. The van der Waals surface area contributed by atoms with Crippen molar-refractivity contribution in [3.63, 3.8) is 0 Å². The highest BCUT2D eigenvalue weighted by atomic mass is 32.1. The quantitative estimate of drug-likeness (QED) is 0.499. The summed E-state index contributed by atoms with van der Waals surface area (Å²) in [5.41, 5.74) is -0.959. The van der Waals surface area contributed by atoms with E-state index in [0.29, 0.717) is 0 Å². The standard InChI is InChI=1S/C17H22N2O8S/c1-2-26-12(21)4-3-5-18-15(24)9-7-28-8-10(9)19(17(18)25)16-14(23)13(22)11(6-20)27-16/h7-8,11,13-14,16,20,22-23H,2-6H2,1H3/t11-,13-,14-,16-/m1/s1. The molecule has 3 heterocycles. The first-order valence-electron chi connectivity index (χ1n) is 8.90. The molecule has 0 amide bonds. The fourth-order valence-corrected chi connectivity index (χ4v) is 4.05. The molecule has 0 spiro atoms. The van der Waals surface area contributed by atoms with Crippen molar-refractivity contribution in [2.75, 3.05) is 13.2 Å². The van der Waals surface area contributed by atoms with Gasteiger partial charge in [0.25, 0.3) is 5.56 Å². The van der Waals surface area contributed by atoms with Crippen molar-refractivity contribution < 1.29 is 29.6 Å². The number of carbonyl (C=O) groups is 1. The van der Waals surface area contributed by atoms with E-state index >= 15 is 0 Å². The minimum Gasteiger partial charge on any atom is -0.466 e. The summed E-state index contributed by atoms with van der Waals surface area (Å²) in [6.45, 7) is 1.39. The third kappa shape index (κ3) is 3.63. The zero-order valence-electron chi connectivity index (χ0n) is 15.2. The van der Waals surface area contributed by atoms with E-state index in [2.05, 4.69) is 0 Å². The van der Waals surface area contributed by atoms with Gasteiger partial charge in [-0.05, 0) is 13.3 Å². The van der Waals surface area contributed by atoms with E-state index in [1.54, 1.807) is 17.7 Å². The molecule has 1 aliphatic rings. The van der Waals surface area contributed by atoms with Crippen LogP contribution in [-0.4, -0.2) is 61.9 Å². The second-order valence-corrected chi connectivity index (χ2v) is 7.16. The zero-order chi connectivity index (χ0) is 20.4. The Kier molecular flexibility index (Phi) is 6.30. The van der Waals surface area contributed by atoms with Crippen LogP contribution in [-0.2, 0) is 20.8 Å². The van der Waals surface area contributed by atoms with E-state index in [1.165, 1.54) is 11.3 Å². The van der Waals surface area contributed by atoms with Gasteiger partial charge in [0.1, 0.15) is 18.3 Å². The molecule has 2 aromatic rings. The van der Waals surface area contributed by atoms with Crippen molar-refractivity contribution in [3.8, 4) is 0 Å². The Morgan fingerprint density at radius 2 is 2.04 bits per heavy atom. The van der Waals surface area contributed by atoms with Crippen LogP contribution in [0.2, 0.25) is 0 Å². The van der Waals surface area contributed by atoms with Gasteiger partial charge in [0.15, 0.2) is 6.23 Å². The lowest BCUT2D eigenvalue weighted by atomic mass is 10.1. The molecule has 0 aromatic carbocycles. The predicted molar refractivity (Wildman–Crippen MR) is 99.2 cm³/mol. The molecule has 1 saturated heterocycles. The van der Waals surface area contributed by atoms with E-state index in [4.69, 9.17) is 9.47 Å². The van der Waals surface area contributed by atoms with Crippen molar-refractivity contribution in [2.24, 2.45) is 0 Å². The number of carbonyl (C=O) groups excluding carboxylic acids is 1. The van der Waals surface area contributed by atoms with Crippen LogP contribution in [0.4, 0.5) is 0 Å². The smallest absolute Gasteiger partial charge is 0.333 e. The van der Waals surface area contributed by atoms with Crippen LogP contribution in [0.25, 0.3) is 10.9 Å². The van der Waals surface area contributed by atoms with Gasteiger partial charge in [0.2, 0.25) is 0 Å². The number of fused-ring (bicyclic) bond motifs is 1. The number of aliphatic hydroxyl groups excluding tert-OH is 3. The summed E-state index contributed by atoms with van der Waals surface area (Å²) in [5, 5.41) is 33.0. The molecule has 0 aliphatic carbocycles. The van der Waals surface area contributed by atoms with Crippen LogP contribution >= 0.6 is 11.3 Å². The Balaban J connectivity index is 1.99. The molecule has 1 aliphatic heterocycles. The average molecular weight is 414 g/mol. The average Bonchev–Trinajstić information content (AvgIpc) is 3.25. The van der Waals surface area contributed by atoms with Crippen LogP contribution in [0.1, 0.15) is 26.0 Å². The lowest BCUT2D eigenvalue weighted by Crippen LogP contribution is -2.43. The van der Waals surface area contributed by atoms with E-state index in [0.717, 1.165) is 9.13 Å². The Morgan fingerprint density at radius 3 is 2.68 bits per heavy atom. The van der Waals surface area contributed by atoms with E-state index < -0.39 is 48.4 Å². The summed E-state index contributed by atoms with van der Waals surface area (Å²) in [7, 11) is 0. The minimum atomic E-state index is -1.46. The van der Waals surface area contributed by atoms with Crippen LogP contribution in [0, 0.1) is 0 Å². The minimum absolute atomic E-state index is 0.0168. The Hall–Kier alpha value is -2.05. The second kappa shape index (κ2) is 8.53. The topological polar surface area (TPSA) is 140 Å². The van der Waals surface area contributed by atoms with Gasteiger partial charge in [-0.2, -0.15) is 0 Å². The summed E-state index contributed by atoms with van der Waals surface area (Å²) in [4.78, 5) is 37.2. The maximum atomic E-state index is 13.0. The monoisotopic (exact) mass is 414 g/mol. The molecular formula is C17H22N2O8S. The number of hydrogen-bond donors (Lipinski definition) is 3. The van der Waals surface area contributed by atoms with Gasteiger partial charge in [0.05, 0.1) is 24.1 Å². The summed E-state index contributed by atoms with van der Waals surface area (Å²) in [5.74, 6) is -0.420. The van der Waals surface area contributed by atoms with Crippen LogP contribution < -0.4 is 11.2 Å². The summed E-state index contributed by atoms with van der Waals surface area (Å²) in [6.07, 6.45) is -4.86. The van der Waals surface area contributed by atoms with Gasteiger partial charge in [-0.3, -0.25) is 18.7 Å². The van der Waals surface area contributed by atoms with Crippen molar-refractivity contribution >= 4 is 28.2 Å². The van der Waals surface area contributed by atoms with Crippen LogP contribution in [0.3, 0.4) is 0 Å². The Labute approximate surface area is 163 Å². The van der Waals surface area contributed by atoms with Gasteiger partial charge in [0, 0.05) is 23.7 Å². The highest BCUT2D eigenvalue weighted by Gasteiger charge is 2.44. The molecular weight excluding hydrogens is 392 g/mol. The third-order valence-electron chi connectivity index (χ3n) is 4.65. The highest BCUT2D eigenvalue weighted by molar-refractivity contribution is 7.09. The summed E-state index contributed by atoms with van der Waals surface area (Å²) in [6, 6.07) is 0. The normalized spacial score (nSPS) is 24.7. The number of nitrogens with zero attached hydrogens (tertiary/aromatic N) is 2. The maximum absolute atomic E-state index is 13.0. The second-order valence-electron chi connectivity index (χ2n) is 6.42. The first-order valence-corrected chi connectivity index (χ1v) is 9.84. The number of ether oxygens (including phenoxy) is 2. The zero-order valence-corrected chi connectivity index (χ0v) is 16.0. The SMILES string of the molecule is CCOC(=O)CCCn1c(=O)c2cscc2n([C@@H]2O[C@H](CO)[C@@H](O)[C@H]2O)c1=O. The molecule has 2 aromatic heterocycles. The maximum Gasteiger partial charge on any atom is 0.333 e. The highest BCUT2D eigenvalue weighted by Crippen LogP contribution is 2.30. The number of esters is 1. The number of thiophene rings is 1. The fourth-order valence-electron chi connectivity index (χ4n) is 3.25. The van der Waals surface area contributed by atoms with Crippen LogP contribution in [0.15, 0.2) is 20.3 Å². The van der Waals surface area contributed by atoms with Gasteiger partial charge in [-0.25, -0.2) is 4.79 Å². The molecule has 0 saturated carbocycles. The van der Waals surface area contributed by atoms with Crippen molar-refractivity contribution in [3.05, 3.63) is 31.6 Å². The van der Waals surface area contributed by atoms with Crippen molar-refractivity contribution in [1.29, 1.82) is 0 Å². The molecule has 0 bridgehead atoms. The van der Waals surface area contributed by atoms with E-state index in [-0.39, 0.29) is 36.9 Å². The Bertz CT molecular complexity index is 964. The molecule has 3 N–H and O–H groups in total. The molecule has 1 fully saturated rings. The van der Waals surface area contributed by atoms with E-state index in [9.17, 15) is 29.7 Å². The first kappa shape index (κ1) is 20.7. The fraction of sp³-hybridized carbons (Fsp3) is 0.588. The lowest BCUT2D eigenvalue weighted by Gasteiger charge is -2.20. The van der Waals surface area contributed by atoms with Gasteiger partial charge in [-0.15, -0.1) is 11.3 Å². The number of hydrogen-bond acceptors (Lipinski definition) is 9. The largest absolute Gasteiger partial charge is 0.466 e. The molecule has 11 heteroatoms. The van der Waals surface area contributed by atoms with Gasteiger partial charge >= 0.3 is 11.7 Å². The van der Waals surface area contributed by atoms with Gasteiger partial charge < -0.3 is 24.8 Å². The molecule has 28 heavy (non-hydrogen) atoms. The number of rotatable bonds is 7. The molecule has 0 unspecified atom stereocenters. The molecule has 4 atom stereocenters. The van der Waals surface area contributed by atoms with Crippen molar-refractivity contribution in [1.82, 2.24) is 9.13 Å². The number of aromatic nitrogens is 2. The van der Waals surface area contributed by atoms with Crippen LogP contribution in [0.5, 0.6) is 0 Å². The molecule has 3 rings (SSSR count). The van der Waals surface area contributed by atoms with Gasteiger partial charge in [-0.1, -0.05) is 0 Å². The first-order chi connectivity index (χ1) is 13.4. The lowest BCUT2D eigenvalue weighted by molar-refractivity contribution is -0.143. The third-order valence-corrected chi connectivity index (χ3v) is 5.38.